The van der Waals surface area contributed by atoms with E-state index >= 15 is 0 Å². The fourth-order valence-electron chi connectivity index (χ4n) is 2.46. The molecular weight excluding hydrogens is 270 g/mol. The maximum absolute atomic E-state index is 11.9. The molecule has 0 N–H and O–H groups in total. The maximum atomic E-state index is 11.9. The van der Waals surface area contributed by atoms with E-state index in [4.69, 9.17) is 9.47 Å². The average Bonchev–Trinajstić information content (AvgIpc) is 2.53. The van der Waals surface area contributed by atoms with Crippen LogP contribution in [0, 0.1) is 0 Å². The number of benzene rings is 1. The van der Waals surface area contributed by atoms with Crippen molar-refractivity contribution in [3.8, 4) is 11.5 Å². The van der Waals surface area contributed by atoms with E-state index in [-0.39, 0.29) is 6.03 Å². The molecule has 0 radical (unpaired) electrons. The van der Waals surface area contributed by atoms with Gasteiger partial charge < -0.3 is 24.2 Å². The molecule has 1 fully saturated rings. The molecule has 1 aliphatic heterocycles. The number of nitrogens with zero attached hydrogens (tertiary/aromatic N) is 3. The highest BCUT2D eigenvalue weighted by Gasteiger charge is 2.22. The smallest absolute Gasteiger partial charge is 0.319 e. The van der Waals surface area contributed by atoms with Gasteiger partial charge in [-0.25, -0.2) is 4.79 Å². The number of ether oxygens (including phenoxy) is 2. The molecule has 1 saturated heterocycles. The Bertz CT molecular complexity index is 497. The summed E-state index contributed by atoms with van der Waals surface area (Å²) < 4.78 is 10.6. The summed E-state index contributed by atoms with van der Waals surface area (Å²) in [6.07, 6.45) is 0. The van der Waals surface area contributed by atoms with Crippen LogP contribution in [-0.4, -0.2) is 70.3 Å². The average molecular weight is 293 g/mol. The number of carbonyl (C=O) groups is 1. The minimum absolute atomic E-state index is 0.0713. The third kappa shape index (κ3) is 3.32. The Labute approximate surface area is 125 Å². The normalized spacial score (nSPS) is 14.9. The predicted octanol–water partition coefficient (Wildman–Crippen LogP) is 1.51. The van der Waals surface area contributed by atoms with E-state index in [2.05, 4.69) is 4.90 Å². The SMILES string of the molecule is COc1ccc(N2CCN(C(=O)N(C)C)CC2)cc1OC. The van der Waals surface area contributed by atoms with Gasteiger partial charge in [0.1, 0.15) is 0 Å². The first-order valence-electron chi connectivity index (χ1n) is 7.00. The molecule has 1 aliphatic rings. The van der Waals surface area contributed by atoms with Gasteiger partial charge in [-0.2, -0.15) is 0 Å². The number of urea groups is 1. The number of anilines is 1. The van der Waals surface area contributed by atoms with Gasteiger partial charge >= 0.3 is 6.03 Å². The summed E-state index contributed by atoms with van der Waals surface area (Å²) >= 11 is 0. The Morgan fingerprint density at radius 2 is 1.67 bits per heavy atom. The van der Waals surface area contributed by atoms with Crippen LogP contribution in [0.3, 0.4) is 0 Å². The van der Waals surface area contributed by atoms with E-state index in [0.717, 1.165) is 43.4 Å². The van der Waals surface area contributed by atoms with Crippen molar-refractivity contribution in [2.45, 2.75) is 0 Å². The van der Waals surface area contributed by atoms with Gasteiger partial charge in [-0.05, 0) is 12.1 Å². The summed E-state index contributed by atoms with van der Waals surface area (Å²) in [6, 6.07) is 5.97. The lowest BCUT2D eigenvalue weighted by molar-refractivity contribution is 0.168. The van der Waals surface area contributed by atoms with Crippen LogP contribution in [0.4, 0.5) is 10.5 Å². The first-order chi connectivity index (χ1) is 10.1. The molecule has 2 amide bonds. The fraction of sp³-hybridized carbons (Fsp3) is 0.533. The summed E-state index contributed by atoms with van der Waals surface area (Å²) in [6.45, 7) is 3.08. The standard InChI is InChI=1S/C15H23N3O3/c1-16(2)15(19)18-9-7-17(8-10-18)12-5-6-13(20-3)14(11-12)21-4/h5-6,11H,7-10H2,1-4H3. The molecule has 0 saturated carbocycles. The molecular formula is C15H23N3O3. The third-order valence-electron chi connectivity index (χ3n) is 3.67. The van der Waals surface area contributed by atoms with Crippen molar-refractivity contribution in [2.24, 2.45) is 0 Å². The molecule has 0 aliphatic carbocycles. The molecule has 1 heterocycles. The number of amides is 2. The largest absolute Gasteiger partial charge is 0.493 e. The summed E-state index contributed by atoms with van der Waals surface area (Å²) in [5, 5.41) is 0. The zero-order chi connectivity index (χ0) is 15.4. The van der Waals surface area contributed by atoms with Crippen molar-refractivity contribution in [3.63, 3.8) is 0 Å². The van der Waals surface area contributed by atoms with Gasteiger partial charge in [0, 0.05) is 52.0 Å². The molecule has 0 unspecified atom stereocenters. The Kier molecular flexibility index (Phi) is 4.77. The number of hydrogen-bond donors (Lipinski definition) is 0. The topological polar surface area (TPSA) is 45.2 Å². The zero-order valence-corrected chi connectivity index (χ0v) is 13.1. The van der Waals surface area contributed by atoms with Gasteiger partial charge in [-0.1, -0.05) is 0 Å². The maximum Gasteiger partial charge on any atom is 0.319 e. The Hall–Kier alpha value is -2.11. The van der Waals surface area contributed by atoms with Crippen molar-refractivity contribution in [2.75, 3.05) is 59.4 Å². The molecule has 0 atom stereocenters. The van der Waals surface area contributed by atoms with E-state index < -0.39 is 0 Å². The summed E-state index contributed by atoms with van der Waals surface area (Å²) in [5.41, 5.74) is 1.09. The van der Waals surface area contributed by atoms with E-state index in [1.165, 1.54) is 0 Å². The molecule has 2 rings (SSSR count). The van der Waals surface area contributed by atoms with Crippen molar-refractivity contribution < 1.29 is 14.3 Å². The van der Waals surface area contributed by atoms with Crippen LogP contribution in [0.15, 0.2) is 18.2 Å². The van der Waals surface area contributed by atoms with Crippen molar-refractivity contribution in [3.05, 3.63) is 18.2 Å². The third-order valence-corrected chi connectivity index (χ3v) is 3.67. The van der Waals surface area contributed by atoms with Crippen LogP contribution < -0.4 is 14.4 Å². The number of methoxy groups -OCH3 is 2. The van der Waals surface area contributed by atoms with Gasteiger partial charge in [0.25, 0.3) is 0 Å². The van der Waals surface area contributed by atoms with Gasteiger partial charge in [0.05, 0.1) is 14.2 Å². The Morgan fingerprint density at radius 1 is 1.05 bits per heavy atom. The second kappa shape index (κ2) is 6.56. The van der Waals surface area contributed by atoms with Crippen molar-refractivity contribution in [1.29, 1.82) is 0 Å². The van der Waals surface area contributed by atoms with Crippen LogP contribution >= 0.6 is 0 Å². The Morgan fingerprint density at radius 3 is 2.19 bits per heavy atom. The molecule has 0 aromatic heterocycles. The van der Waals surface area contributed by atoms with E-state index in [0.29, 0.717) is 0 Å². The molecule has 6 heteroatoms. The fourth-order valence-corrected chi connectivity index (χ4v) is 2.46. The summed E-state index contributed by atoms with van der Waals surface area (Å²) in [7, 11) is 6.82. The number of rotatable bonds is 3. The molecule has 116 valence electrons. The van der Waals surface area contributed by atoms with Crippen LogP contribution in [0.1, 0.15) is 0 Å². The van der Waals surface area contributed by atoms with Gasteiger partial charge in [0.2, 0.25) is 0 Å². The highest BCUT2D eigenvalue weighted by atomic mass is 16.5. The number of piperazine rings is 1. The second-order valence-corrected chi connectivity index (χ2v) is 5.19. The second-order valence-electron chi connectivity index (χ2n) is 5.19. The van der Waals surface area contributed by atoms with Crippen LogP contribution in [0.25, 0.3) is 0 Å². The molecule has 0 bridgehead atoms. The van der Waals surface area contributed by atoms with E-state index in [9.17, 15) is 4.79 Å². The highest BCUT2D eigenvalue weighted by Crippen LogP contribution is 2.31. The van der Waals surface area contributed by atoms with Gasteiger partial charge in [0.15, 0.2) is 11.5 Å². The molecule has 21 heavy (non-hydrogen) atoms. The number of hydrogen-bond acceptors (Lipinski definition) is 4. The predicted molar refractivity (Wildman–Crippen MR) is 82.4 cm³/mol. The monoisotopic (exact) mass is 293 g/mol. The molecule has 0 spiro atoms. The van der Waals surface area contributed by atoms with Crippen LogP contribution in [0.2, 0.25) is 0 Å². The molecule has 1 aromatic carbocycles. The highest BCUT2D eigenvalue weighted by molar-refractivity contribution is 5.74. The Balaban J connectivity index is 2.04. The van der Waals surface area contributed by atoms with Crippen molar-refractivity contribution >= 4 is 11.7 Å². The van der Waals surface area contributed by atoms with Crippen LogP contribution in [-0.2, 0) is 0 Å². The lowest BCUT2D eigenvalue weighted by Crippen LogP contribution is -2.51. The summed E-state index contributed by atoms with van der Waals surface area (Å²) in [4.78, 5) is 17.7. The first kappa shape index (κ1) is 15.3. The van der Waals surface area contributed by atoms with Gasteiger partial charge in [-0.15, -0.1) is 0 Å². The van der Waals surface area contributed by atoms with E-state index in [1.807, 2.05) is 23.1 Å². The zero-order valence-electron chi connectivity index (χ0n) is 13.1. The summed E-state index contributed by atoms with van der Waals surface area (Å²) in [5.74, 6) is 1.45. The lowest BCUT2D eigenvalue weighted by atomic mass is 10.2. The minimum atomic E-state index is 0.0713. The lowest BCUT2D eigenvalue weighted by Gasteiger charge is -2.37. The first-order valence-corrected chi connectivity index (χ1v) is 7.00. The molecule has 6 nitrogen and oxygen atoms in total. The van der Waals surface area contributed by atoms with E-state index in [1.54, 1.807) is 33.2 Å². The quantitative estimate of drug-likeness (QED) is 0.847. The number of carbonyl (C=O) groups excluding carboxylic acids is 1. The molecule has 1 aromatic rings. The van der Waals surface area contributed by atoms with Crippen LogP contribution in [0.5, 0.6) is 11.5 Å². The minimum Gasteiger partial charge on any atom is -0.493 e. The van der Waals surface area contributed by atoms with Gasteiger partial charge in [-0.3, -0.25) is 0 Å². The van der Waals surface area contributed by atoms with Crippen molar-refractivity contribution in [1.82, 2.24) is 9.80 Å².